The number of aromatic nitrogens is 4. The molecule has 4 aromatic carbocycles. The zero-order valence-electron chi connectivity index (χ0n) is 21.6. The van der Waals surface area contributed by atoms with Crippen molar-refractivity contribution in [2.75, 3.05) is 5.73 Å². The third kappa shape index (κ3) is 4.53. The summed E-state index contributed by atoms with van der Waals surface area (Å²) >= 11 is 0. The van der Waals surface area contributed by atoms with E-state index in [9.17, 15) is 0 Å². The van der Waals surface area contributed by atoms with E-state index < -0.39 is 5.54 Å². The number of nitrogens with zero attached hydrogens (tertiary/aromatic N) is 5. The van der Waals surface area contributed by atoms with E-state index in [0.29, 0.717) is 5.95 Å². The topological polar surface area (TPSA) is 74.0 Å². The number of aryl methyl sites for hydroxylation is 1. The summed E-state index contributed by atoms with van der Waals surface area (Å²) in [6.45, 7) is 1.89. The lowest BCUT2D eigenvalue weighted by Crippen LogP contribution is -2.38. The van der Waals surface area contributed by atoms with Gasteiger partial charge in [0.1, 0.15) is 5.54 Å². The van der Waals surface area contributed by atoms with E-state index in [2.05, 4.69) is 112 Å². The standard InChI is InChI=1S/C33H28N6/c1-25-24-38(32(34)36-25)35-23-26-17-19-27(20-18-26)31-21-22-39(37-31)33(28-11-5-2-6-12-28,29-13-7-3-8-14-29)30-15-9-4-10-16-30/h2-24H,1H3,(H2,34,36). The van der Waals surface area contributed by atoms with Gasteiger partial charge in [-0.1, -0.05) is 115 Å². The van der Waals surface area contributed by atoms with Crippen LogP contribution in [0.3, 0.4) is 0 Å². The van der Waals surface area contributed by atoms with E-state index in [1.54, 1.807) is 17.1 Å². The van der Waals surface area contributed by atoms with E-state index in [1.165, 1.54) is 0 Å². The Morgan fingerprint density at radius 2 is 1.26 bits per heavy atom. The zero-order valence-corrected chi connectivity index (χ0v) is 21.6. The Balaban J connectivity index is 1.42. The lowest BCUT2D eigenvalue weighted by atomic mass is 9.77. The molecule has 6 rings (SSSR count). The van der Waals surface area contributed by atoms with Gasteiger partial charge in [0.15, 0.2) is 0 Å². The lowest BCUT2D eigenvalue weighted by molar-refractivity contribution is 0.461. The van der Waals surface area contributed by atoms with Gasteiger partial charge < -0.3 is 5.73 Å². The van der Waals surface area contributed by atoms with Crippen molar-refractivity contribution in [3.8, 4) is 11.3 Å². The van der Waals surface area contributed by atoms with Crippen molar-refractivity contribution in [3.63, 3.8) is 0 Å². The van der Waals surface area contributed by atoms with Crippen molar-refractivity contribution in [3.05, 3.63) is 162 Å². The Labute approximate surface area is 227 Å². The number of hydrogen-bond acceptors (Lipinski definition) is 4. The first-order valence-corrected chi connectivity index (χ1v) is 12.8. The third-order valence-corrected chi connectivity index (χ3v) is 6.88. The summed E-state index contributed by atoms with van der Waals surface area (Å²) in [6, 6.07) is 41.9. The molecule has 0 amide bonds. The highest BCUT2D eigenvalue weighted by atomic mass is 15.4. The molecule has 6 nitrogen and oxygen atoms in total. The number of nitrogen functional groups attached to an aromatic ring is 1. The SMILES string of the molecule is Cc1cn(N=Cc2ccc(-c3ccn(C(c4ccccc4)(c4ccccc4)c4ccccc4)n3)cc2)c(N)n1. The Morgan fingerprint density at radius 1 is 0.718 bits per heavy atom. The number of imidazole rings is 1. The van der Waals surface area contributed by atoms with Crippen molar-refractivity contribution in [2.45, 2.75) is 12.5 Å². The van der Waals surface area contributed by atoms with Crippen LogP contribution >= 0.6 is 0 Å². The second-order valence-electron chi connectivity index (χ2n) is 9.41. The maximum absolute atomic E-state index is 5.90. The smallest absolute Gasteiger partial charge is 0.221 e. The van der Waals surface area contributed by atoms with Crippen LogP contribution in [0.1, 0.15) is 27.9 Å². The molecule has 2 N–H and O–H groups in total. The second kappa shape index (κ2) is 10.3. The Kier molecular flexibility index (Phi) is 6.35. The first kappa shape index (κ1) is 24.1. The molecule has 0 bridgehead atoms. The number of hydrogen-bond donors (Lipinski definition) is 1. The van der Waals surface area contributed by atoms with Crippen molar-refractivity contribution >= 4 is 12.2 Å². The van der Waals surface area contributed by atoms with Crippen molar-refractivity contribution in [1.29, 1.82) is 0 Å². The molecule has 190 valence electrons. The average molecular weight is 509 g/mol. The fourth-order valence-electron chi connectivity index (χ4n) is 5.06. The van der Waals surface area contributed by atoms with Crippen LogP contribution in [0.25, 0.3) is 11.3 Å². The highest BCUT2D eigenvalue weighted by Gasteiger charge is 2.39. The predicted octanol–water partition coefficient (Wildman–Crippen LogP) is 6.36. The van der Waals surface area contributed by atoms with Crippen LogP contribution in [-0.4, -0.2) is 25.7 Å². The summed E-state index contributed by atoms with van der Waals surface area (Å²) in [5.41, 5.74) is 12.4. The van der Waals surface area contributed by atoms with Gasteiger partial charge in [0, 0.05) is 11.8 Å². The highest BCUT2D eigenvalue weighted by molar-refractivity contribution is 5.80. The lowest BCUT2D eigenvalue weighted by Gasteiger charge is -2.36. The van der Waals surface area contributed by atoms with Gasteiger partial charge in [-0.05, 0) is 35.2 Å². The molecule has 0 fully saturated rings. The summed E-state index contributed by atoms with van der Waals surface area (Å²) in [4.78, 5) is 4.18. The monoisotopic (exact) mass is 508 g/mol. The fourth-order valence-corrected chi connectivity index (χ4v) is 5.06. The molecular formula is C33H28N6. The maximum Gasteiger partial charge on any atom is 0.221 e. The van der Waals surface area contributed by atoms with Gasteiger partial charge in [-0.3, -0.25) is 4.68 Å². The number of rotatable bonds is 7. The van der Waals surface area contributed by atoms with E-state index in [1.807, 2.05) is 37.3 Å². The minimum Gasteiger partial charge on any atom is -0.368 e. The fraction of sp³-hybridized carbons (Fsp3) is 0.0606. The molecule has 6 heteroatoms. The van der Waals surface area contributed by atoms with Crippen LogP contribution < -0.4 is 5.73 Å². The second-order valence-corrected chi connectivity index (χ2v) is 9.41. The molecule has 2 heterocycles. The number of benzene rings is 4. The Morgan fingerprint density at radius 3 is 1.74 bits per heavy atom. The van der Waals surface area contributed by atoms with Gasteiger partial charge in [0.05, 0.1) is 23.8 Å². The summed E-state index contributed by atoms with van der Waals surface area (Å²) in [5.74, 6) is 0.365. The van der Waals surface area contributed by atoms with Crippen LogP contribution in [-0.2, 0) is 5.54 Å². The van der Waals surface area contributed by atoms with Crippen molar-refractivity contribution < 1.29 is 0 Å². The van der Waals surface area contributed by atoms with Crippen LogP contribution in [0.5, 0.6) is 0 Å². The van der Waals surface area contributed by atoms with Gasteiger partial charge in [-0.25, -0.2) is 9.66 Å². The van der Waals surface area contributed by atoms with E-state index in [-0.39, 0.29) is 0 Å². The third-order valence-electron chi connectivity index (χ3n) is 6.88. The van der Waals surface area contributed by atoms with Gasteiger partial charge in [-0.2, -0.15) is 10.2 Å². The van der Waals surface area contributed by atoms with Crippen LogP contribution in [0, 0.1) is 6.92 Å². The first-order valence-electron chi connectivity index (χ1n) is 12.8. The molecule has 0 aliphatic carbocycles. The Hall–Kier alpha value is -5.23. The normalized spacial score (nSPS) is 11.7. The molecule has 0 aliphatic rings. The largest absolute Gasteiger partial charge is 0.368 e. The molecular weight excluding hydrogens is 480 g/mol. The maximum atomic E-state index is 5.90. The molecule has 0 spiro atoms. The molecule has 6 aromatic rings. The van der Waals surface area contributed by atoms with Crippen molar-refractivity contribution in [1.82, 2.24) is 19.4 Å². The molecule has 2 aromatic heterocycles. The van der Waals surface area contributed by atoms with Crippen LogP contribution in [0.4, 0.5) is 5.95 Å². The molecule has 0 saturated heterocycles. The molecule has 0 atom stereocenters. The minimum absolute atomic E-state index is 0.365. The summed E-state index contributed by atoms with van der Waals surface area (Å²) < 4.78 is 3.66. The van der Waals surface area contributed by atoms with Crippen LogP contribution in [0.2, 0.25) is 0 Å². The quantitative estimate of drug-likeness (QED) is 0.201. The minimum atomic E-state index is -0.641. The van der Waals surface area contributed by atoms with Gasteiger partial charge in [0.2, 0.25) is 5.95 Å². The molecule has 0 unspecified atom stereocenters. The zero-order chi connectivity index (χ0) is 26.7. The van der Waals surface area contributed by atoms with Gasteiger partial charge in [0.25, 0.3) is 0 Å². The van der Waals surface area contributed by atoms with E-state index >= 15 is 0 Å². The first-order chi connectivity index (χ1) is 19.1. The van der Waals surface area contributed by atoms with Crippen molar-refractivity contribution in [2.24, 2.45) is 5.10 Å². The van der Waals surface area contributed by atoms with Crippen LogP contribution in [0.15, 0.2) is 139 Å². The van der Waals surface area contributed by atoms with Gasteiger partial charge in [-0.15, -0.1) is 0 Å². The molecule has 0 radical (unpaired) electrons. The predicted molar refractivity (Wildman–Crippen MR) is 157 cm³/mol. The number of nitrogens with two attached hydrogens (primary N) is 1. The molecule has 0 saturated carbocycles. The molecule has 39 heavy (non-hydrogen) atoms. The summed E-state index contributed by atoms with van der Waals surface area (Å²) in [7, 11) is 0. The van der Waals surface area contributed by atoms with E-state index in [4.69, 9.17) is 10.8 Å². The van der Waals surface area contributed by atoms with Gasteiger partial charge >= 0.3 is 0 Å². The number of anilines is 1. The average Bonchev–Trinajstić information content (AvgIpc) is 3.60. The van der Waals surface area contributed by atoms with E-state index in [0.717, 1.165) is 39.2 Å². The molecule has 0 aliphatic heterocycles. The Bertz CT molecular complexity index is 1600. The highest BCUT2D eigenvalue weighted by Crippen LogP contribution is 2.40. The summed E-state index contributed by atoms with van der Waals surface area (Å²) in [6.07, 6.45) is 5.64. The summed E-state index contributed by atoms with van der Waals surface area (Å²) in [5, 5.41) is 9.59.